The second-order valence-corrected chi connectivity index (χ2v) is 4.69. The van der Waals surface area contributed by atoms with Gasteiger partial charge in [-0.3, -0.25) is 0 Å². The molecule has 0 aliphatic heterocycles. The molecule has 1 aromatic carbocycles. The minimum Gasteiger partial charge on any atom is -0.377 e. The summed E-state index contributed by atoms with van der Waals surface area (Å²) >= 11 is 0. The van der Waals surface area contributed by atoms with E-state index in [2.05, 4.69) is 29.4 Å². The number of nitrogens with zero attached hydrogens (tertiary/aromatic N) is 1. The van der Waals surface area contributed by atoms with Crippen LogP contribution >= 0.6 is 0 Å². The van der Waals surface area contributed by atoms with Gasteiger partial charge in [0.2, 0.25) is 0 Å². The van der Waals surface area contributed by atoms with E-state index in [1.807, 2.05) is 32.0 Å². The van der Waals surface area contributed by atoms with E-state index in [0.717, 1.165) is 17.9 Å². The normalized spacial score (nSPS) is 11.1. The molecule has 1 N–H and O–H groups in total. The van der Waals surface area contributed by atoms with Crippen LogP contribution < -0.4 is 5.32 Å². The number of hydrogen-bond donors (Lipinski definition) is 1. The summed E-state index contributed by atoms with van der Waals surface area (Å²) < 4.78 is 5.50. The number of rotatable bonds is 5. The lowest BCUT2D eigenvalue weighted by molar-refractivity contribution is 0.0870. The molecule has 0 amide bonds. The van der Waals surface area contributed by atoms with Crippen molar-refractivity contribution in [2.24, 2.45) is 0 Å². The van der Waals surface area contributed by atoms with Crippen molar-refractivity contribution in [3.63, 3.8) is 0 Å². The Morgan fingerprint density at radius 3 is 2.83 bits per heavy atom. The van der Waals surface area contributed by atoms with Gasteiger partial charge in [-0.2, -0.15) is 0 Å². The molecular formula is C15H20N2O. The molecule has 0 radical (unpaired) electrons. The van der Waals surface area contributed by atoms with Gasteiger partial charge in [0.1, 0.15) is 5.82 Å². The van der Waals surface area contributed by atoms with Crippen LogP contribution in [0.1, 0.15) is 19.4 Å². The highest BCUT2D eigenvalue weighted by molar-refractivity contribution is 5.81. The molecule has 0 atom stereocenters. The molecule has 3 nitrogen and oxygen atoms in total. The highest BCUT2D eigenvalue weighted by Gasteiger charge is 2.02. The van der Waals surface area contributed by atoms with Crippen molar-refractivity contribution in [2.45, 2.75) is 26.9 Å². The molecule has 0 saturated carbocycles. The number of benzene rings is 1. The van der Waals surface area contributed by atoms with Gasteiger partial charge >= 0.3 is 0 Å². The fourth-order valence-electron chi connectivity index (χ4n) is 1.86. The third-order valence-electron chi connectivity index (χ3n) is 2.76. The topological polar surface area (TPSA) is 34.2 Å². The van der Waals surface area contributed by atoms with Gasteiger partial charge in [0.05, 0.1) is 18.2 Å². The molecule has 0 aliphatic rings. The summed E-state index contributed by atoms with van der Waals surface area (Å²) in [7, 11) is 0. The van der Waals surface area contributed by atoms with Crippen molar-refractivity contribution in [3.8, 4) is 0 Å². The molecular weight excluding hydrogens is 224 g/mol. The lowest BCUT2D eigenvalue weighted by Crippen LogP contribution is -2.14. The van der Waals surface area contributed by atoms with Crippen LogP contribution in [0.3, 0.4) is 0 Å². The van der Waals surface area contributed by atoms with Crippen molar-refractivity contribution in [2.75, 3.05) is 18.5 Å². The van der Waals surface area contributed by atoms with E-state index in [9.17, 15) is 0 Å². The van der Waals surface area contributed by atoms with Gasteiger partial charge in [0.15, 0.2) is 0 Å². The van der Waals surface area contributed by atoms with Crippen LogP contribution in [0.15, 0.2) is 30.3 Å². The maximum Gasteiger partial charge on any atom is 0.129 e. The first-order valence-corrected chi connectivity index (χ1v) is 6.38. The van der Waals surface area contributed by atoms with Gasteiger partial charge in [-0.15, -0.1) is 0 Å². The van der Waals surface area contributed by atoms with Gasteiger partial charge in [0, 0.05) is 11.9 Å². The Hall–Kier alpha value is -1.61. The maximum atomic E-state index is 5.50. The van der Waals surface area contributed by atoms with Crippen LogP contribution in [0.5, 0.6) is 0 Å². The summed E-state index contributed by atoms with van der Waals surface area (Å²) in [6.45, 7) is 7.64. The molecule has 1 heterocycles. The first-order chi connectivity index (χ1) is 8.66. The zero-order chi connectivity index (χ0) is 13.0. The summed E-state index contributed by atoms with van der Waals surface area (Å²) in [5.41, 5.74) is 2.19. The number of anilines is 1. The minimum absolute atomic E-state index is 0.275. The molecule has 3 heteroatoms. The lowest BCUT2D eigenvalue weighted by atomic mass is 10.1. The molecule has 0 spiro atoms. The average Bonchev–Trinajstić information content (AvgIpc) is 2.34. The number of fused-ring (bicyclic) bond motifs is 1. The molecule has 0 unspecified atom stereocenters. The Bertz CT molecular complexity index is 523. The summed E-state index contributed by atoms with van der Waals surface area (Å²) in [5.74, 6) is 0.945. The fraction of sp³-hybridized carbons (Fsp3) is 0.400. The number of ether oxygens (including phenoxy) is 1. The molecule has 96 valence electrons. The molecule has 0 saturated heterocycles. The summed E-state index contributed by atoms with van der Waals surface area (Å²) in [5, 5.41) is 4.50. The number of pyridine rings is 1. The molecule has 1 aromatic heterocycles. The van der Waals surface area contributed by atoms with Crippen molar-refractivity contribution in [1.29, 1.82) is 0 Å². The van der Waals surface area contributed by atoms with Crippen molar-refractivity contribution >= 4 is 16.7 Å². The highest BCUT2D eigenvalue weighted by Crippen LogP contribution is 2.19. The second kappa shape index (κ2) is 5.83. The van der Waals surface area contributed by atoms with E-state index >= 15 is 0 Å². The van der Waals surface area contributed by atoms with E-state index in [4.69, 9.17) is 4.74 Å². The fourth-order valence-corrected chi connectivity index (χ4v) is 1.86. The number of para-hydroxylation sites is 1. The maximum absolute atomic E-state index is 5.50. The molecule has 0 fully saturated rings. The van der Waals surface area contributed by atoms with Gasteiger partial charge in [-0.25, -0.2) is 4.98 Å². The van der Waals surface area contributed by atoms with Crippen LogP contribution in [0.4, 0.5) is 5.82 Å². The Labute approximate surface area is 108 Å². The predicted octanol–water partition coefficient (Wildman–Crippen LogP) is 3.38. The van der Waals surface area contributed by atoms with Crippen LogP contribution in [-0.2, 0) is 4.74 Å². The smallest absolute Gasteiger partial charge is 0.129 e. The summed E-state index contributed by atoms with van der Waals surface area (Å²) in [6, 6.07) is 10.3. The first kappa shape index (κ1) is 12.8. The van der Waals surface area contributed by atoms with Crippen LogP contribution in [0, 0.1) is 6.92 Å². The average molecular weight is 244 g/mol. The van der Waals surface area contributed by atoms with Crippen LogP contribution in [0.2, 0.25) is 0 Å². The van der Waals surface area contributed by atoms with Crippen LogP contribution in [-0.4, -0.2) is 24.2 Å². The molecule has 0 aliphatic carbocycles. The molecule has 2 rings (SSSR count). The Morgan fingerprint density at radius 1 is 1.28 bits per heavy atom. The number of hydrogen-bond acceptors (Lipinski definition) is 3. The quantitative estimate of drug-likeness (QED) is 0.819. The van der Waals surface area contributed by atoms with Gasteiger partial charge in [0.25, 0.3) is 0 Å². The van der Waals surface area contributed by atoms with E-state index < -0.39 is 0 Å². The van der Waals surface area contributed by atoms with Gasteiger partial charge in [-0.1, -0.05) is 18.2 Å². The summed E-state index contributed by atoms with van der Waals surface area (Å²) in [4.78, 5) is 4.62. The predicted molar refractivity (Wildman–Crippen MR) is 76.1 cm³/mol. The zero-order valence-electron chi connectivity index (χ0n) is 11.2. The second-order valence-electron chi connectivity index (χ2n) is 4.69. The standard InChI is InChI=1S/C15H20N2O/c1-11(2)18-9-8-16-15-12(3)10-13-6-4-5-7-14(13)17-15/h4-7,10-11H,8-9H2,1-3H3,(H,16,17). The third kappa shape index (κ3) is 3.20. The lowest BCUT2D eigenvalue weighted by Gasteiger charge is -2.11. The van der Waals surface area contributed by atoms with E-state index in [1.165, 1.54) is 10.9 Å². The SMILES string of the molecule is Cc1cc2ccccc2nc1NCCOC(C)C. The van der Waals surface area contributed by atoms with Gasteiger partial charge in [-0.05, 0) is 38.5 Å². The zero-order valence-corrected chi connectivity index (χ0v) is 11.2. The molecule has 2 aromatic rings. The Kier molecular flexibility index (Phi) is 4.15. The number of aryl methyl sites for hydroxylation is 1. The van der Waals surface area contributed by atoms with Crippen molar-refractivity contribution < 1.29 is 4.74 Å². The summed E-state index contributed by atoms with van der Waals surface area (Å²) in [6.07, 6.45) is 0.275. The van der Waals surface area contributed by atoms with E-state index in [-0.39, 0.29) is 6.10 Å². The number of aromatic nitrogens is 1. The monoisotopic (exact) mass is 244 g/mol. The minimum atomic E-state index is 0.275. The Morgan fingerprint density at radius 2 is 2.06 bits per heavy atom. The highest BCUT2D eigenvalue weighted by atomic mass is 16.5. The first-order valence-electron chi connectivity index (χ1n) is 6.38. The molecule has 18 heavy (non-hydrogen) atoms. The van der Waals surface area contributed by atoms with Crippen LogP contribution in [0.25, 0.3) is 10.9 Å². The molecule has 0 bridgehead atoms. The third-order valence-corrected chi connectivity index (χ3v) is 2.76. The van der Waals surface area contributed by atoms with E-state index in [0.29, 0.717) is 6.61 Å². The van der Waals surface area contributed by atoms with Gasteiger partial charge < -0.3 is 10.1 Å². The Balaban J connectivity index is 2.06. The van der Waals surface area contributed by atoms with Crippen molar-refractivity contribution in [3.05, 3.63) is 35.9 Å². The largest absolute Gasteiger partial charge is 0.377 e. The number of nitrogens with one attached hydrogen (secondary N) is 1. The van der Waals surface area contributed by atoms with Crippen molar-refractivity contribution in [1.82, 2.24) is 4.98 Å². The van der Waals surface area contributed by atoms with E-state index in [1.54, 1.807) is 0 Å².